The fourth-order valence-electron chi connectivity index (χ4n) is 10.6. The van der Waals surface area contributed by atoms with Crippen molar-refractivity contribution >= 4 is 11.9 Å². The van der Waals surface area contributed by atoms with Crippen molar-refractivity contribution in [3.05, 3.63) is 24.3 Å². The lowest BCUT2D eigenvalue weighted by Crippen LogP contribution is -2.45. The maximum atomic E-state index is 12.5. The second-order valence-corrected chi connectivity index (χ2v) is 23.2. The molecule has 0 spiro atoms. The number of esters is 1. The van der Waals surface area contributed by atoms with E-state index in [9.17, 15) is 19.8 Å². The molecule has 0 fully saturated rings. The van der Waals surface area contributed by atoms with Crippen molar-refractivity contribution in [2.24, 2.45) is 0 Å². The van der Waals surface area contributed by atoms with E-state index in [1.165, 1.54) is 289 Å². The van der Waals surface area contributed by atoms with Crippen molar-refractivity contribution in [1.82, 2.24) is 5.32 Å². The van der Waals surface area contributed by atoms with Crippen molar-refractivity contribution in [3.8, 4) is 0 Å². The van der Waals surface area contributed by atoms with Crippen LogP contribution in [0.2, 0.25) is 0 Å². The third-order valence-corrected chi connectivity index (χ3v) is 15.8. The monoisotopic (exact) mass is 1040 g/mol. The minimum Gasteiger partial charge on any atom is -0.466 e. The number of aliphatic hydroxyl groups is 2. The highest BCUT2D eigenvalue weighted by Crippen LogP contribution is 2.19. The van der Waals surface area contributed by atoms with Gasteiger partial charge in [0.15, 0.2) is 0 Å². The van der Waals surface area contributed by atoms with Gasteiger partial charge in [-0.25, -0.2) is 0 Å². The highest BCUT2D eigenvalue weighted by Gasteiger charge is 2.20. The number of aliphatic hydroxyl groups excluding tert-OH is 2. The first-order chi connectivity index (χ1) is 36.5. The van der Waals surface area contributed by atoms with Crippen molar-refractivity contribution < 1.29 is 24.5 Å². The molecule has 0 saturated heterocycles. The standard InChI is InChI=1S/C68H131NO5/c1-3-5-7-9-11-13-15-17-19-21-25-28-32-36-40-44-48-52-56-60-66(71)65(64-70)69-67(72)61-57-53-49-45-41-37-33-29-26-23-24-27-31-35-39-43-47-51-55-59-63-74-68(73)62-58-54-50-46-42-38-34-30-22-20-18-16-14-12-10-8-6-4-2/h14,16,20,22,65-66,70-71H,3-13,15,17-19,21,23-64H2,1-2H3,(H,69,72)/b16-14-,22-20-. The van der Waals surface area contributed by atoms with Crippen LogP contribution in [0.15, 0.2) is 24.3 Å². The van der Waals surface area contributed by atoms with E-state index in [0.29, 0.717) is 25.9 Å². The van der Waals surface area contributed by atoms with Crippen LogP contribution in [-0.2, 0) is 14.3 Å². The molecule has 0 aliphatic rings. The third kappa shape index (κ3) is 59.6. The molecule has 2 atom stereocenters. The number of amides is 1. The predicted molar refractivity (Wildman–Crippen MR) is 324 cm³/mol. The summed E-state index contributed by atoms with van der Waals surface area (Å²) in [5.74, 6) is -0.0292. The fraction of sp³-hybridized carbons (Fsp3) is 0.912. The van der Waals surface area contributed by atoms with Crippen LogP contribution in [0.5, 0.6) is 0 Å². The summed E-state index contributed by atoms with van der Waals surface area (Å²) in [6.07, 6.45) is 79.1. The normalized spacial score (nSPS) is 12.6. The molecule has 2 unspecified atom stereocenters. The number of rotatable bonds is 63. The largest absolute Gasteiger partial charge is 0.466 e. The number of unbranched alkanes of at least 4 members (excludes halogenated alkanes) is 48. The predicted octanol–water partition coefficient (Wildman–Crippen LogP) is 21.4. The number of carbonyl (C=O) groups excluding carboxylic acids is 2. The number of nitrogens with one attached hydrogen (secondary N) is 1. The van der Waals surface area contributed by atoms with Gasteiger partial charge < -0.3 is 20.3 Å². The Morgan fingerprint density at radius 2 is 0.676 bits per heavy atom. The maximum absolute atomic E-state index is 12.5. The molecule has 0 aliphatic carbocycles. The van der Waals surface area contributed by atoms with Crippen LogP contribution in [0.25, 0.3) is 0 Å². The summed E-state index contributed by atoms with van der Waals surface area (Å²) in [6.45, 7) is 4.96. The minimum absolute atomic E-state index is 0.00419. The molecule has 0 radical (unpaired) electrons. The summed E-state index contributed by atoms with van der Waals surface area (Å²) in [5, 5.41) is 23.4. The van der Waals surface area contributed by atoms with Crippen LogP contribution in [0, 0.1) is 0 Å². The summed E-state index contributed by atoms with van der Waals surface area (Å²) < 4.78 is 5.50. The molecule has 0 aliphatic heterocycles. The fourth-order valence-corrected chi connectivity index (χ4v) is 10.6. The van der Waals surface area contributed by atoms with E-state index in [1.807, 2.05) is 0 Å². The van der Waals surface area contributed by atoms with Crippen LogP contribution < -0.4 is 5.32 Å². The smallest absolute Gasteiger partial charge is 0.305 e. The molecule has 1 amide bonds. The van der Waals surface area contributed by atoms with Gasteiger partial charge in [-0.2, -0.15) is 0 Å². The van der Waals surface area contributed by atoms with Crippen molar-refractivity contribution in [3.63, 3.8) is 0 Å². The molecule has 3 N–H and O–H groups in total. The van der Waals surface area contributed by atoms with E-state index < -0.39 is 12.1 Å². The molecule has 0 saturated carbocycles. The molecule has 74 heavy (non-hydrogen) atoms. The molecule has 0 rings (SSSR count). The highest BCUT2D eigenvalue weighted by atomic mass is 16.5. The number of hydrogen-bond donors (Lipinski definition) is 3. The van der Waals surface area contributed by atoms with Crippen LogP contribution in [0.4, 0.5) is 0 Å². The SMILES string of the molecule is CCCCCC/C=C\C/C=C\CCCCCCCCCC(=O)OCCCCCCCCCCCCCCCCCCCCCCC(=O)NC(CO)C(O)CCCCCCCCCCCCCCCCCCCCC. The first-order valence-corrected chi connectivity index (χ1v) is 33.6. The zero-order chi connectivity index (χ0) is 53.6. The van der Waals surface area contributed by atoms with Gasteiger partial charge in [0, 0.05) is 12.8 Å². The Morgan fingerprint density at radius 3 is 1.04 bits per heavy atom. The number of ether oxygens (including phenoxy) is 1. The van der Waals surface area contributed by atoms with Crippen molar-refractivity contribution in [2.75, 3.05) is 13.2 Å². The van der Waals surface area contributed by atoms with Gasteiger partial charge in [-0.15, -0.1) is 0 Å². The second kappa shape index (κ2) is 63.9. The van der Waals surface area contributed by atoms with Crippen LogP contribution in [-0.4, -0.2) is 47.4 Å². The highest BCUT2D eigenvalue weighted by molar-refractivity contribution is 5.76. The summed E-state index contributed by atoms with van der Waals surface area (Å²) in [5.41, 5.74) is 0. The molecule has 438 valence electrons. The van der Waals surface area contributed by atoms with Gasteiger partial charge in [-0.3, -0.25) is 9.59 Å². The Morgan fingerprint density at radius 1 is 0.378 bits per heavy atom. The Bertz CT molecular complexity index is 1150. The summed E-state index contributed by atoms with van der Waals surface area (Å²) in [4.78, 5) is 24.6. The van der Waals surface area contributed by atoms with E-state index in [-0.39, 0.29) is 18.5 Å². The van der Waals surface area contributed by atoms with E-state index >= 15 is 0 Å². The summed E-state index contributed by atoms with van der Waals surface area (Å²) in [7, 11) is 0. The van der Waals surface area contributed by atoms with Gasteiger partial charge in [0.05, 0.1) is 25.4 Å². The first kappa shape index (κ1) is 72.3. The van der Waals surface area contributed by atoms with Gasteiger partial charge >= 0.3 is 5.97 Å². The molecule has 6 heteroatoms. The Kier molecular flexibility index (Phi) is 62.4. The minimum atomic E-state index is -0.666. The summed E-state index contributed by atoms with van der Waals surface area (Å²) in [6, 6.07) is -0.544. The maximum Gasteiger partial charge on any atom is 0.305 e. The zero-order valence-electron chi connectivity index (χ0n) is 50.1. The van der Waals surface area contributed by atoms with Crippen LogP contribution >= 0.6 is 0 Å². The Labute approximate surface area is 462 Å². The van der Waals surface area contributed by atoms with Gasteiger partial charge in [-0.1, -0.05) is 327 Å². The van der Waals surface area contributed by atoms with E-state index in [1.54, 1.807) is 0 Å². The lowest BCUT2D eigenvalue weighted by atomic mass is 10.0. The molecule has 0 bridgehead atoms. The first-order valence-electron chi connectivity index (χ1n) is 33.6. The lowest BCUT2D eigenvalue weighted by Gasteiger charge is -2.22. The molecular weight excluding hydrogens is 911 g/mol. The van der Waals surface area contributed by atoms with E-state index in [4.69, 9.17) is 4.74 Å². The molecule has 0 aromatic carbocycles. The molecule has 6 nitrogen and oxygen atoms in total. The van der Waals surface area contributed by atoms with Gasteiger partial charge in [0.1, 0.15) is 0 Å². The van der Waals surface area contributed by atoms with Crippen LogP contribution in [0.3, 0.4) is 0 Å². The topological polar surface area (TPSA) is 95.9 Å². The quantitative estimate of drug-likeness (QED) is 0.0320. The molecular formula is C68H131NO5. The summed E-state index contributed by atoms with van der Waals surface area (Å²) >= 11 is 0. The Balaban J connectivity index is 3.39. The average molecular weight is 1040 g/mol. The number of allylic oxidation sites excluding steroid dienone is 4. The zero-order valence-corrected chi connectivity index (χ0v) is 50.1. The molecule has 0 heterocycles. The third-order valence-electron chi connectivity index (χ3n) is 15.8. The van der Waals surface area contributed by atoms with Gasteiger partial charge in [0.2, 0.25) is 5.91 Å². The van der Waals surface area contributed by atoms with Crippen molar-refractivity contribution in [1.29, 1.82) is 0 Å². The Hall–Kier alpha value is -1.66. The average Bonchev–Trinajstić information content (AvgIpc) is 3.40. The van der Waals surface area contributed by atoms with Gasteiger partial charge in [-0.05, 0) is 57.8 Å². The van der Waals surface area contributed by atoms with E-state index in [2.05, 4.69) is 43.5 Å². The second-order valence-electron chi connectivity index (χ2n) is 23.2. The lowest BCUT2D eigenvalue weighted by molar-refractivity contribution is -0.143. The van der Waals surface area contributed by atoms with Crippen LogP contribution in [0.1, 0.15) is 373 Å². The number of hydrogen-bond acceptors (Lipinski definition) is 5. The van der Waals surface area contributed by atoms with E-state index in [0.717, 1.165) is 51.4 Å². The molecule has 0 aromatic rings. The number of carbonyl (C=O) groups is 2. The molecule has 0 aromatic heterocycles. The van der Waals surface area contributed by atoms with Crippen molar-refractivity contribution in [2.45, 2.75) is 386 Å². The van der Waals surface area contributed by atoms with Gasteiger partial charge in [0.25, 0.3) is 0 Å².